The molecule has 1 aliphatic heterocycles. The zero-order valence-corrected chi connectivity index (χ0v) is 17.8. The third kappa shape index (κ3) is 3.54. The van der Waals surface area contributed by atoms with Crippen LogP contribution < -0.4 is 0 Å². The highest BCUT2D eigenvalue weighted by atomic mass is 35.5. The minimum absolute atomic E-state index is 0.161. The van der Waals surface area contributed by atoms with Gasteiger partial charge in [0.1, 0.15) is 0 Å². The number of halogens is 1. The number of fused-ring (bicyclic) bond motifs is 1. The molecule has 0 radical (unpaired) electrons. The monoisotopic (exact) mass is 400 g/mol. The SMILES string of the molecule is CO[C@@H]1C[C@H]2CN(S(=O)(=O)c3cc(C)c(Cl)cc3C)C[C@H]2C[C@H]1N(C)C. The van der Waals surface area contributed by atoms with Gasteiger partial charge in [-0.1, -0.05) is 11.6 Å². The number of likely N-dealkylation sites (N-methyl/N-ethyl adjacent to an activating group) is 1. The van der Waals surface area contributed by atoms with Gasteiger partial charge in [0, 0.05) is 31.3 Å². The van der Waals surface area contributed by atoms with E-state index in [4.69, 9.17) is 16.3 Å². The fraction of sp³-hybridized carbons (Fsp3) is 0.684. The zero-order chi connectivity index (χ0) is 19.2. The Bertz CT molecular complexity index is 781. The molecule has 2 aliphatic rings. The predicted octanol–water partition coefficient (Wildman–Crippen LogP) is 2.93. The van der Waals surface area contributed by atoms with E-state index in [2.05, 4.69) is 19.0 Å². The van der Waals surface area contributed by atoms with Gasteiger partial charge >= 0.3 is 0 Å². The van der Waals surface area contributed by atoms with E-state index < -0.39 is 10.0 Å². The van der Waals surface area contributed by atoms with Gasteiger partial charge in [0.05, 0.1) is 11.0 Å². The second kappa shape index (κ2) is 7.40. The molecule has 1 aromatic carbocycles. The number of hydrogen-bond donors (Lipinski definition) is 0. The molecule has 0 spiro atoms. The van der Waals surface area contributed by atoms with E-state index >= 15 is 0 Å². The van der Waals surface area contributed by atoms with Crippen LogP contribution in [0.2, 0.25) is 5.02 Å². The Balaban J connectivity index is 1.85. The first kappa shape index (κ1) is 20.1. The molecule has 3 rings (SSSR count). The summed E-state index contributed by atoms with van der Waals surface area (Å²) >= 11 is 6.15. The van der Waals surface area contributed by atoms with E-state index in [1.807, 2.05) is 13.8 Å². The van der Waals surface area contributed by atoms with Gasteiger partial charge in [0.2, 0.25) is 10.0 Å². The van der Waals surface area contributed by atoms with Crippen LogP contribution in [0.3, 0.4) is 0 Å². The lowest BCUT2D eigenvalue weighted by Crippen LogP contribution is -2.47. The Kier molecular flexibility index (Phi) is 5.71. The summed E-state index contributed by atoms with van der Waals surface area (Å²) in [5.74, 6) is 0.747. The lowest BCUT2D eigenvalue weighted by atomic mass is 9.77. The number of nitrogens with zero attached hydrogens (tertiary/aromatic N) is 2. The average molecular weight is 401 g/mol. The molecule has 1 saturated heterocycles. The van der Waals surface area contributed by atoms with Crippen LogP contribution in [0.4, 0.5) is 0 Å². The molecule has 0 unspecified atom stereocenters. The minimum Gasteiger partial charge on any atom is -0.380 e. The summed E-state index contributed by atoms with van der Waals surface area (Å²) in [6.45, 7) is 4.82. The van der Waals surface area contributed by atoms with Gasteiger partial charge in [0.15, 0.2) is 0 Å². The second-order valence-corrected chi connectivity index (χ2v) is 10.3. The van der Waals surface area contributed by atoms with Crippen LogP contribution in [0.1, 0.15) is 24.0 Å². The number of benzene rings is 1. The van der Waals surface area contributed by atoms with Crippen molar-refractivity contribution >= 4 is 21.6 Å². The quantitative estimate of drug-likeness (QED) is 0.779. The molecule has 2 fully saturated rings. The van der Waals surface area contributed by atoms with Crippen molar-refractivity contribution in [2.24, 2.45) is 11.8 Å². The lowest BCUT2D eigenvalue weighted by Gasteiger charge is -2.40. The van der Waals surface area contributed by atoms with E-state index in [1.165, 1.54) is 0 Å². The second-order valence-electron chi connectivity index (χ2n) is 7.99. The van der Waals surface area contributed by atoms with Gasteiger partial charge in [-0.05, 0) is 75.9 Å². The topological polar surface area (TPSA) is 49.9 Å². The highest BCUT2D eigenvalue weighted by molar-refractivity contribution is 7.89. The number of aryl methyl sites for hydroxylation is 2. The molecule has 0 N–H and O–H groups in total. The predicted molar refractivity (Wildman–Crippen MR) is 104 cm³/mol. The number of rotatable bonds is 4. The number of methoxy groups -OCH3 is 1. The minimum atomic E-state index is -3.51. The van der Waals surface area contributed by atoms with Gasteiger partial charge in [0.25, 0.3) is 0 Å². The van der Waals surface area contributed by atoms with Gasteiger partial charge in [-0.15, -0.1) is 0 Å². The molecule has 0 amide bonds. The summed E-state index contributed by atoms with van der Waals surface area (Å²) in [6, 6.07) is 3.79. The molecule has 1 aromatic rings. The average Bonchev–Trinajstić information content (AvgIpc) is 3.00. The van der Waals surface area contributed by atoms with Crippen molar-refractivity contribution in [1.29, 1.82) is 0 Å². The largest absolute Gasteiger partial charge is 0.380 e. The first-order valence-corrected chi connectivity index (χ1v) is 10.9. The number of sulfonamides is 1. The van der Waals surface area contributed by atoms with Gasteiger partial charge in [-0.3, -0.25) is 0 Å². The maximum atomic E-state index is 13.3. The van der Waals surface area contributed by atoms with E-state index in [0.29, 0.717) is 46.4 Å². The molecule has 26 heavy (non-hydrogen) atoms. The summed E-state index contributed by atoms with van der Waals surface area (Å²) < 4.78 is 33.9. The van der Waals surface area contributed by atoms with Crippen molar-refractivity contribution in [1.82, 2.24) is 9.21 Å². The Hall–Kier alpha value is -0.660. The molecule has 4 atom stereocenters. The van der Waals surface area contributed by atoms with E-state index in [1.54, 1.807) is 23.5 Å². The summed E-state index contributed by atoms with van der Waals surface area (Å²) in [6.07, 6.45) is 2.04. The van der Waals surface area contributed by atoms with Crippen molar-refractivity contribution in [3.05, 3.63) is 28.3 Å². The normalized spacial score (nSPS) is 30.0. The fourth-order valence-electron chi connectivity index (χ4n) is 4.51. The van der Waals surface area contributed by atoms with Crippen molar-refractivity contribution in [3.63, 3.8) is 0 Å². The maximum Gasteiger partial charge on any atom is 0.243 e. The summed E-state index contributed by atoms with van der Waals surface area (Å²) in [5.41, 5.74) is 1.50. The number of ether oxygens (including phenoxy) is 1. The molecule has 0 aromatic heterocycles. The van der Waals surface area contributed by atoms with Crippen LogP contribution in [-0.4, -0.2) is 64.1 Å². The fourth-order valence-corrected chi connectivity index (χ4v) is 6.57. The number of hydrogen-bond acceptors (Lipinski definition) is 4. The first-order valence-electron chi connectivity index (χ1n) is 9.11. The molecular weight excluding hydrogens is 372 g/mol. The van der Waals surface area contributed by atoms with Gasteiger partial charge in [-0.2, -0.15) is 4.31 Å². The molecule has 1 aliphatic carbocycles. The van der Waals surface area contributed by atoms with Crippen molar-refractivity contribution in [2.45, 2.75) is 43.7 Å². The Morgan fingerprint density at radius 1 is 1.12 bits per heavy atom. The summed E-state index contributed by atoms with van der Waals surface area (Å²) in [7, 11) is 2.39. The van der Waals surface area contributed by atoms with E-state index in [0.717, 1.165) is 18.4 Å². The van der Waals surface area contributed by atoms with E-state index in [-0.39, 0.29) is 6.10 Å². The first-order chi connectivity index (χ1) is 12.1. The van der Waals surface area contributed by atoms with Crippen molar-refractivity contribution in [3.8, 4) is 0 Å². The molecular formula is C19H29ClN2O3S. The van der Waals surface area contributed by atoms with Gasteiger partial charge in [-0.25, -0.2) is 8.42 Å². The Morgan fingerprint density at radius 2 is 1.73 bits per heavy atom. The molecule has 5 nitrogen and oxygen atoms in total. The standard InChI is InChI=1S/C19H29ClN2O3S/c1-12-7-19(13(2)6-16(12)20)26(23,24)22-10-14-8-17(21(3)4)18(25-5)9-15(14)11-22/h6-7,14-15,17-18H,8-11H2,1-5H3/t14-,15+,17-,18-/m1/s1. The van der Waals surface area contributed by atoms with Crippen LogP contribution in [0.15, 0.2) is 17.0 Å². The van der Waals surface area contributed by atoms with E-state index in [9.17, 15) is 8.42 Å². The van der Waals surface area contributed by atoms with Crippen LogP contribution in [0.25, 0.3) is 0 Å². The smallest absolute Gasteiger partial charge is 0.243 e. The van der Waals surface area contributed by atoms with Crippen LogP contribution in [0.5, 0.6) is 0 Å². The van der Waals surface area contributed by atoms with Crippen molar-refractivity contribution < 1.29 is 13.2 Å². The Labute approximate surface area is 162 Å². The van der Waals surface area contributed by atoms with Gasteiger partial charge < -0.3 is 9.64 Å². The van der Waals surface area contributed by atoms with Crippen molar-refractivity contribution in [2.75, 3.05) is 34.3 Å². The maximum absolute atomic E-state index is 13.3. The third-order valence-electron chi connectivity index (χ3n) is 6.09. The highest BCUT2D eigenvalue weighted by Gasteiger charge is 2.46. The highest BCUT2D eigenvalue weighted by Crippen LogP contribution is 2.41. The van der Waals surface area contributed by atoms with Crippen LogP contribution >= 0.6 is 11.6 Å². The zero-order valence-electron chi connectivity index (χ0n) is 16.2. The third-order valence-corrected chi connectivity index (χ3v) is 8.47. The molecule has 1 heterocycles. The summed E-state index contributed by atoms with van der Waals surface area (Å²) in [4.78, 5) is 2.58. The molecule has 146 valence electrons. The molecule has 0 bridgehead atoms. The van der Waals surface area contributed by atoms with Crippen LogP contribution in [-0.2, 0) is 14.8 Å². The van der Waals surface area contributed by atoms with Crippen LogP contribution in [0, 0.1) is 25.7 Å². The molecule has 7 heteroatoms. The lowest BCUT2D eigenvalue weighted by molar-refractivity contribution is -0.0209. The Morgan fingerprint density at radius 3 is 2.31 bits per heavy atom. The molecule has 1 saturated carbocycles. The summed E-state index contributed by atoms with van der Waals surface area (Å²) in [5, 5.41) is 0.605.